The van der Waals surface area contributed by atoms with Crippen LogP contribution in [0.15, 0.2) is 182 Å². The average molecular weight is 635 g/mol. The molecule has 11 rings (SSSR count). The normalized spacial score (nSPS) is 12.0. The summed E-state index contributed by atoms with van der Waals surface area (Å²) in [5.74, 6) is 0. The smallest absolute Gasteiger partial charge is 0.0641 e. The molecule has 0 aliphatic rings. The van der Waals surface area contributed by atoms with Crippen LogP contribution in [0.5, 0.6) is 0 Å². The van der Waals surface area contributed by atoms with Gasteiger partial charge in [-0.3, -0.25) is 0 Å². The fourth-order valence-corrected chi connectivity index (χ4v) is 8.53. The molecular formula is C48H30N2. The Kier molecular flexibility index (Phi) is 5.70. The molecule has 2 heteroatoms. The maximum absolute atomic E-state index is 2.51. The van der Waals surface area contributed by atoms with Crippen molar-refractivity contribution in [3.8, 4) is 39.1 Å². The summed E-state index contributed by atoms with van der Waals surface area (Å²) in [6.45, 7) is 0. The lowest BCUT2D eigenvalue weighted by Gasteiger charge is -2.14. The molecule has 0 atom stereocenters. The van der Waals surface area contributed by atoms with Gasteiger partial charge in [0, 0.05) is 32.6 Å². The molecule has 0 saturated carbocycles. The van der Waals surface area contributed by atoms with Gasteiger partial charge in [0.1, 0.15) is 0 Å². The van der Waals surface area contributed by atoms with Gasteiger partial charge in [-0.25, -0.2) is 0 Å². The van der Waals surface area contributed by atoms with Crippen LogP contribution >= 0.6 is 0 Å². The first-order valence-electron chi connectivity index (χ1n) is 17.3. The molecule has 0 amide bonds. The zero-order valence-corrected chi connectivity index (χ0v) is 27.2. The number of nitrogens with zero attached hydrogens (tertiary/aromatic N) is 2. The minimum absolute atomic E-state index is 1.15. The molecule has 3 aromatic heterocycles. The maximum atomic E-state index is 2.51. The molecule has 0 fully saturated rings. The first kappa shape index (κ1) is 27.3. The van der Waals surface area contributed by atoms with Crippen LogP contribution in [-0.4, -0.2) is 8.97 Å². The lowest BCUT2D eigenvalue weighted by Crippen LogP contribution is -1.96. The van der Waals surface area contributed by atoms with Gasteiger partial charge >= 0.3 is 0 Å². The predicted molar refractivity (Wildman–Crippen MR) is 212 cm³/mol. The van der Waals surface area contributed by atoms with E-state index in [1.54, 1.807) is 0 Å². The van der Waals surface area contributed by atoms with E-state index in [1.165, 1.54) is 93.3 Å². The number of fused-ring (bicyclic) bond motifs is 6. The number of benzene rings is 8. The van der Waals surface area contributed by atoms with E-state index in [-0.39, 0.29) is 0 Å². The van der Waals surface area contributed by atoms with E-state index < -0.39 is 0 Å². The topological polar surface area (TPSA) is 9.34 Å². The highest BCUT2D eigenvalue weighted by Gasteiger charge is 2.24. The second kappa shape index (κ2) is 10.4. The molecule has 0 N–H and O–H groups in total. The molecule has 50 heavy (non-hydrogen) atoms. The predicted octanol–water partition coefficient (Wildman–Crippen LogP) is 12.9. The van der Waals surface area contributed by atoms with Crippen molar-refractivity contribution < 1.29 is 0 Å². The molecule has 232 valence electrons. The molecule has 2 nitrogen and oxygen atoms in total. The summed E-state index contributed by atoms with van der Waals surface area (Å²) in [5, 5.41) is 7.69. The lowest BCUT2D eigenvalue weighted by molar-refractivity contribution is 1.18. The monoisotopic (exact) mass is 634 g/mol. The Labute approximate surface area is 289 Å². The van der Waals surface area contributed by atoms with Crippen LogP contribution in [0.3, 0.4) is 0 Å². The zero-order valence-electron chi connectivity index (χ0n) is 27.2. The van der Waals surface area contributed by atoms with Crippen LogP contribution in [0.4, 0.5) is 0 Å². The molecule has 8 aromatic carbocycles. The number of aromatic nitrogens is 2. The third kappa shape index (κ3) is 3.79. The van der Waals surface area contributed by atoms with Crippen molar-refractivity contribution in [1.29, 1.82) is 0 Å². The lowest BCUT2D eigenvalue weighted by atomic mass is 9.94. The summed E-state index contributed by atoms with van der Waals surface area (Å²) in [7, 11) is 0. The van der Waals surface area contributed by atoms with Gasteiger partial charge in [-0.1, -0.05) is 140 Å². The van der Waals surface area contributed by atoms with E-state index in [4.69, 9.17) is 0 Å². The van der Waals surface area contributed by atoms with Crippen molar-refractivity contribution in [2.45, 2.75) is 0 Å². The third-order valence-electron chi connectivity index (χ3n) is 10.6. The molecule has 0 aliphatic heterocycles. The molecule has 0 spiro atoms. The highest BCUT2D eigenvalue weighted by molar-refractivity contribution is 6.33. The standard InChI is InChI=1S/C48H30N2/c1-3-14-31(15-4-1)34-29-41-39-23-10-12-25-43(39)50-42-24-11-9-22-38(42)40-26-27-44-47(48(40)50)46(41)45(30-34)49(44)35-19-13-18-33(28-35)37-21-8-7-20-36(37)32-16-5-2-6-17-32/h1-30H. The van der Waals surface area contributed by atoms with E-state index in [1.807, 2.05) is 0 Å². The molecule has 0 unspecified atom stereocenters. The Bertz CT molecular complexity index is 3070. The quantitative estimate of drug-likeness (QED) is 0.182. The minimum atomic E-state index is 1.15. The molecule has 0 radical (unpaired) electrons. The first-order chi connectivity index (χ1) is 24.8. The van der Waals surface area contributed by atoms with Crippen molar-refractivity contribution >= 4 is 59.9 Å². The summed E-state index contributed by atoms with van der Waals surface area (Å²) in [6, 6.07) is 66.7. The average Bonchev–Trinajstić information content (AvgIpc) is 3.67. The van der Waals surface area contributed by atoms with Crippen LogP contribution in [-0.2, 0) is 0 Å². The van der Waals surface area contributed by atoms with Gasteiger partial charge in [-0.2, -0.15) is 0 Å². The van der Waals surface area contributed by atoms with Gasteiger partial charge in [-0.15, -0.1) is 0 Å². The van der Waals surface area contributed by atoms with E-state index in [9.17, 15) is 0 Å². The largest absolute Gasteiger partial charge is 0.309 e. The van der Waals surface area contributed by atoms with Crippen LogP contribution in [0, 0.1) is 0 Å². The second-order valence-electron chi connectivity index (χ2n) is 13.3. The summed E-state index contributed by atoms with van der Waals surface area (Å²) < 4.78 is 5.02. The van der Waals surface area contributed by atoms with Crippen molar-refractivity contribution in [3.63, 3.8) is 0 Å². The molecule has 0 aliphatic carbocycles. The van der Waals surface area contributed by atoms with Crippen molar-refractivity contribution in [2.75, 3.05) is 0 Å². The third-order valence-corrected chi connectivity index (χ3v) is 10.6. The first-order valence-corrected chi connectivity index (χ1v) is 17.3. The van der Waals surface area contributed by atoms with Gasteiger partial charge in [0.25, 0.3) is 0 Å². The summed E-state index contributed by atoms with van der Waals surface area (Å²) in [6.07, 6.45) is 0. The highest BCUT2D eigenvalue weighted by Crippen LogP contribution is 2.47. The van der Waals surface area contributed by atoms with Gasteiger partial charge in [0.2, 0.25) is 0 Å². The van der Waals surface area contributed by atoms with Crippen LogP contribution in [0.2, 0.25) is 0 Å². The van der Waals surface area contributed by atoms with Gasteiger partial charge in [-0.05, 0) is 81.2 Å². The van der Waals surface area contributed by atoms with E-state index in [2.05, 4.69) is 191 Å². The molecule has 3 heterocycles. The molecule has 0 bridgehead atoms. The summed E-state index contributed by atoms with van der Waals surface area (Å²) >= 11 is 0. The minimum Gasteiger partial charge on any atom is -0.309 e. The van der Waals surface area contributed by atoms with Crippen LogP contribution < -0.4 is 0 Å². The molecular weight excluding hydrogens is 605 g/mol. The number of rotatable bonds is 4. The molecule has 0 saturated heterocycles. The van der Waals surface area contributed by atoms with E-state index >= 15 is 0 Å². The second-order valence-corrected chi connectivity index (χ2v) is 13.3. The van der Waals surface area contributed by atoms with Crippen molar-refractivity contribution in [3.05, 3.63) is 182 Å². The Morgan fingerprint density at radius 3 is 1.64 bits per heavy atom. The van der Waals surface area contributed by atoms with Crippen LogP contribution in [0.25, 0.3) is 99.0 Å². The Balaban J connectivity index is 1.31. The van der Waals surface area contributed by atoms with Gasteiger partial charge in [0.15, 0.2) is 0 Å². The summed E-state index contributed by atoms with van der Waals surface area (Å²) in [4.78, 5) is 0. The van der Waals surface area contributed by atoms with Crippen LogP contribution in [0.1, 0.15) is 0 Å². The van der Waals surface area contributed by atoms with Gasteiger partial charge < -0.3 is 8.97 Å². The molecule has 11 aromatic rings. The Hall–Kier alpha value is -6.64. The SMILES string of the molecule is c1ccc(-c2cc3c4ccccc4n4c5ccccc5c5ccc6c(c3c(c2)n6-c2cccc(-c3ccccc3-c3ccccc3)c2)c54)cc1. The van der Waals surface area contributed by atoms with E-state index in [0.717, 1.165) is 5.69 Å². The summed E-state index contributed by atoms with van der Waals surface area (Å²) in [5.41, 5.74) is 14.6. The van der Waals surface area contributed by atoms with Crippen molar-refractivity contribution in [1.82, 2.24) is 8.97 Å². The van der Waals surface area contributed by atoms with Gasteiger partial charge in [0.05, 0.1) is 27.6 Å². The fraction of sp³-hybridized carbons (Fsp3) is 0. The van der Waals surface area contributed by atoms with E-state index in [0.29, 0.717) is 0 Å². The number of hydrogen-bond donors (Lipinski definition) is 0. The Morgan fingerprint density at radius 2 is 0.900 bits per heavy atom. The maximum Gasteiger partial charge on any atom is 0.0641 e. The Morgan fingerprint density at radius 1 is 0.300 bits per heavy atom. The van der Waals surface area contributed by atoms with Crippen molar-refractivity contribution in [2.24, 2.45) is 0 Å². The zero-order chi connectivity index (χ0) is 32.8. The number of para-hydroxylation sites is 2. The fourth-order valence-electron chi connectivity index (χ4n) is 8.53. The highest BCUT2D eigenvalue weighted by atomic mass is 15.0. The number of hydrogen-bond acceptors (Lipinski definition) is 0.